The van der Waals surface area contributed by atoms with Crippen LogP contribution in [0.3, 0.4) is 0 Å². The molecule has 0 radical (unpaired) electrons. The molecular weight excluding hydrogens is 371 g/mol. The number of unbranched alkanes of at least 4 members (excludes halogenated alkanes) is 4. The molecule has 1 rings (SSSR count). The molecule has 5 heteroatoms. The third-order valence-electron chi connectivity index (χ3n) is 6.35. The lowest BCUT2D eigenvalue weighted by Crippen LogP contribution is -2.46. The molecule has 1 aliphatic rings. The van der Waals surface area contributed by atoms with E-state index >= 15 is 0 Å². The van der Waals surface area contributed by atoms with Crippen molar-refractivity contribution in [3.8, 4) is 0 Å². The number of ether oxygens (including phenoxy) is 1. The largest absolute Gasteiger partial charge is 0.465 e. The number of alkyl halides is 1. The summed E-state index contributed by atoms with van der Waals surface area (Å²) >= 11 is 0. The van der Waals surface area contributed by atoms with Gasteiger partial charge in [0.25, 0.3) is 5.79 Å². The first-order valence-corrected chi connectivity index (χ1v) is 11.3. The Morgan fingerprint density at radius 3 is 2.48 bits per heavy atom. The quantitative estimate of drug-likeness (QED) is 0.175. The van der Waals surface area contributed by atoms with E-state index in [0.717, 1.165) is 32.8 Å². The maximum atomic E-state index is 13.4. The molecule has 168 valence electrons. The average molecular weight is 413 g/mol. The molecule has 0 aromatic carbocycles. The molecule has 1 fully saturated rings. The van der Waals surface area contributed by atoms with Crippen molar-refractivity contribution in [2.24, 2.45) is 23.7 Å². The van der Waals surface area contributed by atoms with Gasteiger partial charge >= 0.3 is 5.97 Å². The maximum absolute atomic E-state index is 13.4. The molecule has 0 aromatic rings. The van der Waals surface area contributed by atoms with Crippen LogP contribution in [0.2, 0.25) is 0 Å². The predicted molar refractivity (Wildman–Crippen MR) is 115 cm³/mol. The number of carbonyl (C=O) groups is 1. The van der Waals surface area contributed by atoms with Crippen LogP contribution in [0.5, 0.6) is 0 Å². The molecule has 0 aromatic heterocycles. The van der Waals surface area contributed by atoms with Crippen LogP contribution in [-0.2, 0) is 9.53 Å². The normalized spacial score (nSPS) is 23.9. The van der Waals surface area contributed by atoms with Crippen molar-refractivity contribution in [1.82, 2.24) is 0 Å². The Morgan fingerprint density at radius 1 is 1.14 bits per heavy atom. The van der Waals surface area contributed by atoms with Crippen LogP contribution in [-0.4, -0.2) is 35.8 Å². The van der Waals surface area contributed by atoms with Gasteiger partial charge in [-0.05, 0) is 62.7 Å². The highest BCUT2D eigenvalue weighted by atomic mass is 19.1. The molecule has 0 bridgehead atoms. The highest BCUT2D eigenvalue weighted by molar-refractivity contribution is 5.77. The van der Waals surface area contributed by atoms with Crippen molar-refractivity contribution < 1.29 is 24.1 Å². The summed E-state index contributed by atoms with van der Waals surface area (Å²) in [4.78, 5) is 11.6. The van der Waals surface area contributed by atoms with Gasteiger partial charge in [0.05, 0.1) is 13.8 Å². The van der Waals surface area contributed by atoms with Crippen molar-refractivity contribution >= 4 is 5.97 Å². The summed E-state index contributed by atoms with van der Waals surface area (Å²) in [7, 11) is 1.14. The van der Waals surface area contributed by atoms with Crippen LogP contribution >= 0.6 is 0 Å². The average Bonchev–Trinajstić information content (AvgIpc) is 3.11. The van der Waals surface area contributed by atoms with E-state index in [4.69, 9.17) is 0 Å². The van der Waals surface area contributed by atoms with Gasteiger partial charge in [-0.15, -0.1) is 0 Å². The molecule has 0 saturated heterocycles. The number of rotatable bonds is 14. The van der Waals surface area contributed by atoms with E-state index in [1.54, 1.807) is 0 Å². The van der Waals surface area contributed by atoms with Crippen molar-refractivity contribution in [2.45, 2.75) is 83.8 Å². The fourth-order valence-corrected chi connectivity index (χ4v) is 4.37. The van der Waals surface area contributed by atoms with Gasteiger partial charge in [-0.2, -0.15) is 0 Å². The van der Waals surface area contributed by atoms with Gasteiger partial charge in [-0.25, -0.2) is 4.79 Å². The third-order valence-corrected chi connectivity index (χ3v) is 6.35. The van der Waals surface area contributed by atoms with Crippen molar-refractivity contribution in [3.63, 3.8) is 0 Å². The van der Waals surface area contributed by atoms with Crippen LogP contribution in [0.1, 0.15) is 78.1 Å². The SMILES string of the molecule is CCCCCC/C=C/[C@H]1[C@H](CF)CC[C@@H]1C/C=C\CC(CC)C(O)(O)C(=O)OC. The first-order chi connectivity index (χ1) is 13.9. The smallest absolute Gasteiger partial charge is 0.366 e. The molecule has 4 nitrogen and oxygen atoms in total. The number of halogens is 1. The molecule has 2 N–H and O–H groups in total. The Hall–Kier alpha value is -1.20. The minimum Gasteiger partial charge on any atom is -0.465 e. The lowest BCUT2D eigenvalue weighted by atomic mass is 9.86. The minimum absolute atomic E-state index is 0.116. The van der Waals surface area contributed by atoms with Crippen LogP contribution in [0.4, 0.5) is 4.39 Å². The van der Waals surface area contributed by atoms with E-state index < -0.39 is 17.7 Å². The second-order valence-corrected chi connectivity index (χ2v) is 8.37. The Labute approximate surface area is 176 Å². The summed E-state index contributed by atoms with van der Waals surface area (Å²) < 4.78 is 17.9. The van der Waals surface area contributed by atoms with Gasteiger partial charge < -0.3 is 14.9 Å². The summed E-state index contributed by atoms with van der Waals surface area (Å²) in [6.07, 6.45) is 18.1. The van der Waals surface area contributed by atoms with E-state index in [0.29, 0.717) is 18.8 Å². The summed E-state index contributed by atoms with van der Waals surface area (Å²) in [5, 5.41) is 20.1. The van der Waals surface area contributed by atoms with E-state index in [-0.39, 0.29) is 18.5 Å². The first-order valence-electron chi connectivity index (χ1n) is 11.3. The van der Waals surface area contributed by atoms with Gasteiger partial charge in [0.15, 0.2) is 0 Å². The van der Waals surface area contributed by atoms with Crippen LogP contribution in [0.15, 0.2) is 24.3 Å². The van der Waals surface area contributed by atoms with Crippen LogP contribution in [0, 0.1) is 23.7 Å². The van der Waals surface area contributed by atoms with E-state index in [2.05, 4.69) is 23.8 Å². The lowest BCUT2D eigenvalue weighted by Gasteiger charge is -2.27. The minimum atomic E-state index is -2.47. The zero-order valence-electron chi connectivity index (χ0n) is 18.5. The number of carbonyl (C=O) groups excluding carboxylic acids is 1. The summed E-state index contributed by atoms with van der Waals surface area (Å²) in [6, 6.07) is 0. The summed E-state index contributed by atoms with van der Waals surface area (Å²) in [5.74, 6) is -3.29. The van der Waals surface area contributed by atoms with Gasteiger partial charge in [0.2, 0.25) is 0 Å². The topological polar surface area (TPSA) is 66.8 Å². The predicted octanol–water partition coefficient (Wildman–Crippen LogP) is 5.34. The second kappa shape index (κ2) is 13.9. The Bertz CT molecular complexity index is 515. The fraction of sp³-hybridized carbons (Fsp3) is 0.792. The van der Waals surface area contributed by atoms with Gasteiger partial charge in [-0.1, -0.05) is 57.4 Å². The van der Waals surface area contributed by atoms with Gasteiger partial charge in [-0.3, -0.25) is 4.39 Å². The molecule has 1 unspecified atom stereocenters. The third kappa shape index (κ3) is 8.21. The number of esters is 1. The number of aliphatic hydroxyl groups is 2. The monoisotopic (exact) mass is 412 g/mol. The number of hydrogen-bond acceptors (Lipinski definition) is 4. The fourth-order valence-electron chi connectivity index (χ4n) is 4.37. The highest BCUT2D eigenvalue weighted by Crippen LogP contribution is 2.40. The Balaban J connectivity index is 2.56. The summed E-state index contributed by atoms with van der Waals surface area (Å²) in [6.45, 7) is 3.75. The summed E-state index contributed by atoms with van der Waals surface area (Å²) in [5.41, 5.74) is 0. The lowest BCUT2D eigenvalue weighted by molar-refractivity contribution is -0.225. The first kappa shape index (κ1) is 25.8. The Morgan fingerprint density at radius 2 is 1.86 bits per heavy atom. The van der Waals surface area contributed by atoms with E-state index in [1.165, 1.54) is 25.7 Å². The number of allylic oxidation sites excluding steroid dienone is 4. The molecule has 29 heavy (non-hydrogen) atoms. The molecule has 1 saturated carbocycles. The van der Waals surface area contributed by atoms with Crippen molar-refractivity contribution in [2.75, 3.05) is 13.8 Å². The van der Waals surface area contributed by atoms with Gasteiger partial charge in [0.1, 0.15) is 0 Å². The van der Waals surface area contributed by atoms with Crippen molar-refractivity contribution in [1.29, 1.82) is 0 Å². The zero-order valence-corrected chi connectivity index (χ0v) is 18.5. The molecule has 1 aliphatic carbocycles. The van der Waals surface area contributed by atoms with E-state index in [1.807, 2.05) is 19.1 Å². The second-order valence-electron chi connectivity index (χ2n) is 8.37. The maximum Gasteiger partial charge on any atom is 0.366 e. The molecule has 0 spiro atoms. The van der Waals surface area contributed by atoms with Crippen LogP contribution in [0.25, 0.3) is 0 Å². The highest BCUT2D eigenvalue weighted by Gasteiger charge is 2.41. The molecule has 0 heterocycles. The standard InChI is InChI=1S/C24H41FO4/c1-4-6-7-8-9-10-15-22-19(16-17-20(22)18-25)13-11-12-14-21(5-2)24(27,28)23(26)29-3/h10-12,15,19-22,27-28H,4-9,13-14,16-18H2,1-3H3/b12-11-,15-10+/t19-,20-,21?,22+/m0/s1. The zero-order chi connectivity index (χ0) is 21.7. The molecule has 0 amide bonds. The Kier molecular flexibility index (Phi) is 12.4. The number of hydrogen-bond donors (Lipinski definition) is 2. The number of methoxy groups -OCH3 is 1. The van der Waals surface area contributed by atoms with Crippen molar-refractivity contribution in [3.05, 3.63) is 24.3 Å². The van der Waals surface area contributed by atoms with Gasteiger partial charge in [0, 0.05) is 5.92 Å². The molecule has 4 atom stereocenters. The molecule has 0 aliphatic heterocycles. The molecular formula is C24H41FO4. The van der Waals surface area contributed by atoms with Crippen LogP contribution < -0.4 is 0 Å². The van der Waals surface area contributed by atoms with E-state index in [9.17, 15) is 19.4 Å².